The number of hydrogen-bond donors (Lipinski definition) is 2. The molecule has 0 aliphatic rings. The Kier molecular flexibility index (Phi) is 2.60. The summed E-state index contributed by atoms with van der Waals surface area (Å²) >= 11 is 1.62. The highest BCUT2D eigenvalue weighted by molar-refractivity contribution is 7.09. The molecule has 2 heterocycles. The van der Waals surface area contributed by atoms with Gasteiger partial charge in [-0.25, -0.2) is 4.98 Å². The molecule has 0 aromatic carbocycles. The predicted molar refractivity (Wildman–Crippen MR) is 58.1 cm³/mol. The number of rotatable bonds is 3. The van der Waals surface area contributed by atoms with Crippen molar-refractivity contribution in [3.05, 3.63) is 35.0 Å². The van der Waals surface area contributed by atoms with Gasteiger partial charge in [-0.05, 0) is 6.07 Å². The molecule has 0 atom stereocenters. The van der Waals surface area contributed by atoms with Gasteiger partial charge >= 0.3 is 0 Å². The van der Waals surface area contributed by atoms with Gasteiger partial charge in [-0.3, -0.25) is 4.98 Å². The van der Waals surface area contributed by atoms with Crippen molar-refractivity contribution in [2.24, 2.45) is 0 Å². The summed E-state index contributed by atoms with van der Waals surface area (Å²) in [4.78, 5) is 8.14. The Morgan fingerprint density at radius 1 is 1.43 bits per heavy atom. The molecule has 0 aliphatic carbocycles. The van der Waals surface area contributed by atoms with Gasteiger partial charge in [-0.2, -0.15) is 0 Å². The van der Waals surface area contributed by atoms with Crippen LogP contribution in [0, 0.1) is 0 Å². The number of hydrogen-bond acceptors (Lipinski definition) is 5. The molecular weight excluding hydrogens is 196 g/mol. The molecule has 0 unspecified atom stereocenters. The van der Waals surface area contributed by atoms with E-state index >= 15 is 0 Å². The minimum absolute atomic E-state index is 0.661. The SMILES string of the molecule is Nc1cncc(NCc2nccs2)c1. The Balaban J connectivity index is 1.98. The summed E-state index contributed by atoms with van der Waals surface area (Å²) in [6, 6.07) is 1.85. The molecule has 0 radical (unpaired) electrons. The zero-order chi connectivity index (χ0) is 9.80. The summed E-state index contributed by atoms with van der Waals surface area (Å²) in [6.07, 6.45) is 5.15. The van der Waals surface area contributed by atoms with Crippen molar-refractivity contribution in [2.75, 3.05) is 11.1 Å². The van der Waals surface area contributed by atoms with Gasteiger partial charge in [0.1, 0.15) is 5.01 Å². The van der Waals surface area contributed by atoms with Crippen molar-refractivity contribution < 1.29 is 0 Å². The summed E-state index contributed by atoms with van der Waals surface area (Å²) in [5.74, 6) is 0. The van der Waals surface area contributed by atoms with Gasteiger partial charge in [0.2, 0.25) is 0 Å². The average Bonchev–Trinajstić information content (AvgIpc) is 2.67. The van der Waals surface area contributed by atoms with Crippen molar-refractivity contribution >= 4 is 22.7 Å². The molecule has 0 amide bonds. The molecule has 0 fully saturated rings. The normalized spacial score (nSPS) is 10.0. The first-order valence-corrected chi connectivity index (χ1v) is 5.05. The van der Waals surface area contributed by atoms with Crippen molar-refractivity contribution in [2.45, 2.75) is 6.54 Å². The molecule has 4 nitrogen and oxygen atoms in total. The van der Waals surface area contributed by atoms with E-state index in [0.717, 1.165) is 10.7 Å². The maximum absolute atomic E-state index is 5.59. The van der Waals surface area contributed by atoms with Crippen LogP contribution in [0.2, 0.25) is 0 Å². The number of aromatic nitrogens is 2. The van der Waals surface area contributed by atoms with E-state index < -0.39 is 0 Å². The first-order chi connectivity index (χ1) is 6.84. The molecule has 14 heavy (non-hydrogen) atoms. The monoisotopic (exact) mass is 206 g/mol. The van der Waals surface area contributed by atoms with Gasteiger partial charge in [-0.1, -0.05) is 0 Å². The van der Waals surface area contributed by atoms with Gasteiger partial charge in [0.15, 0.2) is 0 Å². The molecule has 5 heteroatoms. The first kappa shape index (κ1) is 8.96. The van der Waals surface area contributed by atoms with Crippen molar-refractivity contribution in [3.8, 4) is 0 Å². The average molecular weight is 206 g/mol. The Labute approximate surface area is 85.8 Å². The largest absolute Gasteiger partial charge is 0.397 e. The van der Waals surface area contributed by atoms with Crippen molar-refractivity contribution in [1.82, 2.24) is 9.97 Å². The van der Waals surface area contributed by atoms with E-state index in [1.54, 1.807) is 29.9 Å². The standard InChI is InChI=1S/C9H10N4S/c10-7-3-8(5-11-4-7)13-6-9-12-1-2-14-9/h1-5,13H,6,10H2. The number of anilines is 2. The summed E-state index contributed by atoms with van der Waals surface area (Å²) in [5, 5.41) is 6.19. The maximum Gasteiger partial charge on any atom is 0.112 e. The van der Waals surface area contributed by atoms with Crippen molar-refractivity contribution in [3.63, 3.8) is 0 Å². The van der Waals surface area contributed by atoms with Crippen LogP contribution in [-0.2, 0) is 6.54 Å². The number of nitrogen functional groups attached to an aromatic ring is 1. The van der Waals surface area contributed by atoms with Crippen LogP contribution in [-0.4, -0.2) is 9.97 Å². The second-order valence-electron chi connectivity index (χ2n) is 2.79. The fraction of sp³-hybridized carbons (Fsp3) is 0.111. The molecule has 2 aromatic heterocycles. The lowest BCUT2D eigenvalue weighted by Gasteiger charge is -2.03. The van der Waals surface area contributed by atoms with E-state index in [9.17, 15) is 0 Å². The Morgan fingerprint density at radius 3 is 3.07 bits per heavy atom. The molecular formula is C9H10N4S. The smallest absolute Gasteiger partial charge is 0.112 e. The Hall–Kier alpha value is -1.62. The first-order valence-electron chi connectivity index (χ1n) is 4.17. The molecule has 0 bridgehead atoms. The van der Waals surface area contributed by atoms with Crippen LogP contribution in [0.5, 0.6) is 0 Å². The topological polar surface area (TPSA) is 63.8 Å². The lowest BCUT2D eigenvalue weighted by molar-refractivity contribution is 1.10. The molecule has 2 rings (SSSR count). The van der Waals surface area contributed by atoms with Crippen LogP contribution in [0.15, 0.2) is 30.0 Å². The summed E-state index contributed by atoms with van der Waals surface area (Å²) in [7, 11) is 0. The zero-order valence-electron chi connectivity index (χ0n) is 7.47. The predicted octanol–water partition coefficient (Wildman–Crippen LogP) is 1.73. The van der Waals surface area contributed by atoms with Gasteiger partial charge in [0, 0.05) is 17.8 Å². The number of thiazole rings is 1. The van der Waals surface area contributed by atoms with Crippen LogP contribution in [0.4, 0.5) is 11.4 Å². The molecule has 0 saturated heterocycles. The van der Waals surface area contributed by atoms with Crippen LogP contribution in [0.3, 0.4) is 0 Å². The highest BCUT2D eigenvalue weighted by Gasteiger charge is 1.96. The molecule has 0 aliphatic heterocycles. The van der Waals surface area contributed by atoms with Crippen LogP contribution in [0.25, 0.3) is 0 Å². The van der Waals surface area contributed by atoms with E-state index in [4.69, 9.17) is 5.73 Å². The highest BCUT2D eigenvalue weighted by atomic mass is 32.1. The zero-order valence-corrected chi connectivity index (χ0v) is 8.29. The number of nitrogens with two attached hydrogens (primary N) is 1. The number of nitrogens with one attached hydrogen (secondary N) is 1. The number of pyridine rings is 1. The van der Waals surface area contributed by atoms with Crippen LogP contribution < -0.4 is 11.1 Å². The summed E-state index contributed by atoms with van der Waals surface area (Å²) in [6.45, 7) is 0.711. The minimum atomic E-state index is 0.661. The lowest BCUT2D eigenvalue weighted by Crippen LogP contribution is -1.99. The Bertz CT molecular complexity index is 399. The van der Waals surface area contributed by atoms with Crippen molar-refractivity contribution in [1.29, 1.82) is 0 Å². The fourth-order valence-corrected chi connectivity index (χ4v) is 1.63. The summed E-state index contributed by atoms with van der Waals surface area (Å²) in [5.41, 5.74) is 7.17. The van der Waals surface area contributed by atoms with E-state index in [1.165, 1.54) is 0 Å². The minimum Gasteiger partial charge on any atom is -0.397 e. The quantitative estimate of drug-likeness (QED) is 0.802. The van der Waals surface area contributed by atoms with E-state index in [-0.39, 0.29) is 0 Å². The highest BCUT2D eigenvalue weighted by Crippen LogP contribution is 2.12. The fourth-order valence-electron chi connectivity index (χ4n) is 1.07. The van der Waals surface area contributed by atoms with Gasteiger partial charge in [0.05, 0.1) is 24.1 Å². The lowest BCUT2D eigenvalue weighted by atomic mass is 10.4. The molecule has 2 aromatic rings. The van der Waals surface area contributed by atoms with E-state index in [0.29, 0.717) is 12.2 Å². The Morgan fingerprint density at radius 2 is 2.36 bits per heavy atom. The third kappa shape index (κ3) is 2.20. The van der Waals surface area contributed by atoms with Gasteiger partial charge < -0.3 is 11.1 Å². The van der Waals surface area contributed by atoms with Crippen LogP contribution >= 0.6 is 11.3 Å². The van der Waals surface area contributed by atoms with Gasteiger partial charge in [-0.15, -0.1) is 11.3 Å². The van der Waals surface area contributed by atoms with E-state index in [1.807, 2.05) is 11.4 Å². The number of nitrogens with zero attached hydrogens (tertiary/aromatic N) is 2. The third-order valence-corrected chi connectivity index (χ3v) is 2.47. The van der Waals surface area contributed by atoms with Gasteiger partial charge in [0.25, 0.3) is 0 Å². The van der Waals surface area contributed by atoms with E-state index in [2.05, 4.69) is 15.3 Å². The summed E-state index contributed by atoms with van der Waals surface area (Å²) < 4.78 is 0. The molecule has 3 N–H and O–H groups in total. The maximum atomic E-state index is 5.59. The second-order valence-corrected chi connectivity index (χ2v) is 3.77. The second kappa shape index (κ2) is 4.06. The van der Waals surface area contributed by atoms with Crippen LogP contribution in [0.1, 0.15) is 5.01 Å². The molecule has 72 valence electrons. The molecule has 0 saturated carbocycles. The third-order valence-electron chi connectivity index (χ3n) is 1.69. The molecule has 0 spiro atoms.